The van der Waals surface area contributed by atoms with Crippen molar-refractivity contribution in [1.29, 1.82) is 0 Å². The predicted octanol–water partition coefficient (Wildman–Crippen LogP) is 1.37. The molecule has 0 aliphatic rings. The largest absolute Gasteiger partial charge is 0.760 e. The van der Waals surface area contributed by atoms with Gasteiger partial charge in [0, 0.05) is 11.3 Å². The second-order valence-corrected chi connectivity index (χ2v) is 3.24. The summed E-state index contributed by atoms with van der Waals surface area (Å²) in [5, 5.41) is 11.2. The van der Waals surface area contributed by atoms with E-state index in [1.165, 1.54) is 5.56 Å². The monoisotopic (exact) mass is 286 g/mol. The summed E-state index contributed by atoms with van der Waals surface area (Å²) in [6.45, 7) is 2.08. The van der Waals surface area contributed by atoms with E-state index < -0.39 is 23.4 Å². The maximum Gasteiger partial charge on any atom is 0.490 e. The molecule has 0 radical (unpaired) electrons. The van der Waals surface area contributed by atoms with Gasteiger partial charge in [0.1, 0.15) is 0 Å². The van der Waals surface area contributed by atoms with Crippen LogP contribution in [0.5, 0.6) is 0 Å². The number of hydrogen-bond donors (Lipinski definition) is 2. The highest BCUT2D eigenvalue weighted by Gasteiger charge is 2.38. The fourth-order valence-electron chi connectivity index (χ4n) is 0.534. The van der Waals surface area contributed by atoms with Gasteiger partial charge in [0.05, 0.1) is 0 Å². The highest BCUT2D eigenvalue weighted by atomic mass is 32.2. The first-order valence-electron chi connectivity index (χ1n) is 4.22. The van der Waals surface area contributed by atoms with E-state index in [0.29, 0.717) is 0 Å². The molecule has 0 amide bonds. The Labute approximate surface area is 104 Å². The van der Waals surface area contributed by atoms with Crippen LogP contribution in [0.2, 0.25) is 0 Å². The third kappa shape index (κ3) is 17.0. The van der Waals surface area contributed by atoms with Gasteiger partial charge in [0.15, 0.2) is 0 Å². The van der Waals surface area contributed by atoms with Crippen LogP contribution in [0, 0.1) is 6.92 Å². The van der Waals surface area contributed by atoms with Gasteiger partial charge < -0.3 is 9.66 Å². The summed E-state index contributed by atoms with van der Waals surface area (Å²) in [6.07, 6.45) is -5.08. The number of halogens is 3. The fourth-order valence-corrected chi connectivity index (χ4v) is 0.534. The van der Waals surface area contributed by atoms with Gasteiger partial charge in [0.25, 0.3) is 0 Å². The van der Waals surface area contributed by atoms with Crippen LogP contribution in [0.3, 0.4) is 0 Å². The van der Waals surface area contributed by atoms with E-state index >= 15 is 0 Å². The third-order valence-corrected chi connectivity index (χ3v) is 1.18. The number of rotatable bonds is 0. The van der Waals surface area contributed by atoms with Crippen LogP contribution in [0.25, 0.3) is 0 Å². The third-order valence-electron chi connectivity index (χ3n) is 1.18. The van der Waals surface area contributed by atoms with E-state index in [0.717, 1.165) is 0 Å². The molecular weight excluding hydrogens is 275 g/mol. The van der Waals surface area contributed by atoms with Crippen LogP contribution in [0.15, 0.2) is 30.3 Å². The summed E-state index contributed by atoms with van der Waals surface area (Å²) in [4.78, 5) is 8.90. The zero-order chi connectivity index (χ0) is 14.8. The second kappa shape index (κ2) is 9.57. The SMILES string of the molecule is Cc1ccccc1.NS(=O)[O-].O=C(O)C(F)(F)F. The minimum atomic E-state index is -5.08. The number of benzene rings is 1. The number of carboxylic acid groups (broad SMARTS) is 1. The van der Waals surface area contributed by atoms with Gasteiger partial charge in [-0.2, -0.15) is 13.2 Å². The number of alkyl halides is 3. The van der Waals surface area contributed by atoms with Crippen LogP contribution in [0.1, 0.15) is 5.56 Å². The molecule has 1 aromatic carbocycles. The van der Waals surface area contributed by atoms with Crippen molar-refractivity contribution in [3.63, 3.8) is 0 Å². The number of aryl methyl sites for hydroxylation is 1. The Morgan fingerprint density at radius 2 is 1.61 bits per heavy atom. The van der Waals surface area contributed by atoms with Crippen LogP contribution in [-0.4, -0.2) is 26.0 Å². The lowest BCUT2D eigenvalue weighted by atomic mass is 10.2. The quantitative estimate of drug-likeness (QED) is 0.703. The maximum absolute atomic E-state index is 10.6. The standard InChI is InChI=1S/C7H8.C2HF3O2.H3NO2S/c1-7-5-3-2-4-6-7;3-2(4,5)1(6)7;1-4(2)3/h2-6H,1H3;(H,6,7);1H2,(H,2,3)/p-1. The summed E-state index contributed by atoms with van der Waals surface area (Å²) in [7, 11) is 0. The molecule has 0 spiro atoms. The van der Waals surface area contributed by atoms with Crippen molar-refractivity contribution in [2.75, 3.05) is 0 Å². The van der Waals surface area contributed by atoms with Gasteiger partial charge in [0.2, 0.25) is 0 Å². The molecule has 1 atom stereocenters. The Morgan fingerprint density at radius 3 is 1.72 bits per heavy atom. The molecule has 0 bridgehead atoms. The van der Waals surface area contributed by atoms with Crippen LogP contribution in [0.4, 0.5) is 13.2 Å². The van der Waals surface area contributed by atoms with Crippen molar-refractivity contribution in [2.24, 2.45) is 5.14 Å². The van der Waals surface area contributed by atoms with Gasteiger partial charge in [-0.1, -0.05) is 35.9 Å². The number of aliphatic carboxylic acids is 1. The summed E-state index contributed by atoms with van der Waals surface area (Å²) < 4.78 is 49.3. The van der Waals surface area contributed by atoms with Crippen molar-refractivity contribution < 1.29 is 31.8 Å². The molecule has 18 heavy (non-hydrogen) atoms. The maximum atomic E-state index is 10.6. The Morgan fingerprint density at radius 1 is 1.33 bits per heavy atom. The van der Waals surface area contributed by atoms with E-state index in [9.17, 15) is 13.2 Å². The van der Waals surface area contributed by atoms with Gasteiger partial charge in [-0.25, -0.2) is 4.79 Å². The first kappa shape index (κ1) is 18.9. The van der Waals surface area contributed by atoms with Crippen LogP contribution >= 0.6 is 0 Å². The average Bonchev–Trinajstić information content (AvgIpc) is 2.17. The molecule has 0 aromatic heterocycles. The van der Waals surface area contributed by atoms with E-state index in [2.05, 4.69) is 24.2 Å². The molecule has 1 aromatic rings. The summed E-state index contributed by atoms with van der Waals surface area (Å²) >= 11 is -2.36. The summed E-state index contributed by atoms with van der Waals surface area (Å²) in [5.74, 6) is -2.76. The lowest BCUT2D eigenvalue weighted by Gasteiger charge is -1.93. The second-order valence-electron chi connectivity index (χ2n) is 2.72. The van der Waals surface area contributed by atoms with Gasteiger partial charge in [-0.05, 0) is 6.92 Å². The molecule has 104 valence electrons. The van der Waals surface area contributed by atoms with Crippen molar-refractivity contribution in [3.8, 4) is 0 Å². The molecule has 0 heterocycles. The zero-order valence-corrected chi connectivity index (χ0v) is 9.99. The zero-order valence-electron chi connectivity index (χ0n) is 9.18. The number of hydrogen-bond acceptors (Lipinski definition) is 3. The minimum absolute atomic E-state index is 1.32. The first-order valence-corrected chi connectivity index (χ1v) is 5.36. The molecule has 1 unspecified atom stereocenters. The molecule has 1 rings (SSSR count). The van der Waals surface area contributed by atoms with E-state index in [-0.39, 0.29) is 0 Å². The average molecular weight is 286 g/mol. The van der Waals surface area contributed by atoms with Crippen molar-refractivity contribution in [3.05, 3.63) is 35.9 Å². The lowest BCUT2D eigenvalue weighted by molar-refractivity contribution is -0.192. The molecular formula is C9H11F3NO4S-. The Balaban J connectivity index is 0. The molecule has 0 saturated heterocycles. The normalized spacial score (nSPS) is 11.2. The summed E-state index contributed by atoms with van der Waals surface area (Å²) in [6, 6.07) is 10.3. The van der Waals surface area contributed by atoms with Gasteiger partial charge >= 0.3 is 12.1 Å². The van der Waals surface area contributed by atoms with Crippen molar-refractivity contribution in [1.82, 2.24) is 0 Å². The highest BCUT2D eigenvalue weighted by molar-refractivity contribution is 7.76. The van der Waals surface area contributed by atoms with E-state index in [1.807, 2.05) is 18.2 Å². The lowest BCUT2D eigenvalue weighted by Crippen LogP contribution is -2.21. The summed E-state index contributed by atoms with van der Waals surface area (Å²) in [5.41, 5.74) is 1.32. The fraction of sp³-hybridized carbons (Fsp3) is 0.222. The number of carbonyl (C=O) groups is 1. The van der Waals surface area contributed by atoms with Crippen molar-refractivity contribution in [2.45, 2.75) is 13.1 Å². The van der Waals surface area contributed by atoms with Crippen LogP contribution < -0.4 is 5.14 Å². The van der Waals surface area contributed by atoms with E-state index in [4.69, 9.17) is 18.7 Å². The topological polar surface area (TPSA) is 103 Å². The highest BCUT2D eigenvalue weighted by Crippen LogP contribution is 2.13. The molecule has 0 fully saturated rings. The number of carboxylic acids is 1. The smallest absolute Gasteiger partial charge is 0.490 e. The number of nitrogens with two attached hydrogens (primary N) is 1. The predicted molar refractivity (Wildman–Crippen MR) is 58.0 cm³/mol. The Bertz CT molecular complexity index is 366. The van der Waals surface area contributed by atoms with Gasteiger partial charge in [-0.3, -0.25) is 9.35 Å². The van der Waals surface area contributed by atoms with Crippen LogP contribution in [-0.2, 0) is 16.1 Å². The van der Waals surface area contributed by atoms with Crippen molar-refractivity contribution >= 4 is 17.2 Å². The minimum Gasteiger partial charge on any atom is -0.760 e. The molecule has 0 aliphatic carbocycles. The molecule has 3 N–H and O–H groups in total. The van der Waals surface area contributed by atoms with E-state index in [1.54, 1.807) is 0 Å². The molecule has 9 heteroatoms. The Kier molecular flexibility index (Phi) is 10.0. The first-order chi connectivity index (χ1) is 8.07. The van der Waals surface area contributed by atoms with Gasteiger partial charge in [-0.15, -0.1) is 0 Å². The molecule has 0 saturated carbocycles. The molecule has 0 aliphatic heterocycles. The Hall–Kier alpha value is -1.45. The molecule has 5 nitrogen and oxygen atoms in total.